The molecule has 2 aromatic rings. The summed E-state index contributed by atoms with van der Waals surface area (Å²) < 4.78 is 2.48. The van der Waals surface area contributed by atoms with Gasteiger partial charge in [-0.1, -0.05) is 12.5 Å². The third-order valence-corrected chi connectivity index (χ3v) is 6.32. The molecule has 1 aliphatic carbocycles. The van der Waals surface area contributed by atoms with Gasteiger partial charge in [0.05, 0.1) is 11.0 Å². The molecule has 0 N–H and O–H groups in total. The number of benzene rings is 1. The van der Waals surface area contributed by atoms with Crippen LogP contribution in [0.2, 0.25) is 0 Å². The molecule has 0 atom stereocenters. The van der Waals surface area contributed by atoms with Crippen molar-refractivity contribution in [3.05, 3.63) is 29.6 Å². The van der Waals surface area contributed by atoms with Crippen molar-refractivity contribution in [3.63, 3.8) is 0 Å². The molecule has 0 unspecified atom stereocenters. The van der Waals surface area contributed by atoms with Gasteiger partial charge in [0, 0.05) is 38.6 Å². The normalized spacial score (nSPS) is 23.3. The Morgan fingerprint density at radius 1 is 0.958 bits per heavy atom. The zero-order valence-corrected chi connectivity index (χ0v) is 14.6. The topological polar surface area (TPSA) is 24.3 Å². The fourth-order valence-corrected chi connectivity index (χ4v) is 4.66. The van der Waals surface area contributed by atoms with Gasteiger partial charge in [-0.2, -0.15) is 0 Å². The zero-order chi connectivity index (χ0) is 15.9. The molecule has 5 rings (SSSR count). The van der Waals surface area contributed by atoms with E-state index in [1.54, 1.807) is 0 Å². The van der Waals surface area contributed by atoms with Gasteiger partial charge in [-0.25, -0.2) is 4.98 Å². The van der Waals surface area contributed by atoms with Crippen LogP contribution in [0.1, 0.15) is 43.5 Å². The van der Waals surface area contributed by atoms with Crippen molar-refractivity contribution in [1.82, 2.24) is 19.4 Å². The number of fused-ring (bicyclic) bond motifs is 3. The Labute approximate surface area is 144 Å². The van der Waals surface area contributed by atoms with E-state index in [4.69, 9.17) is 4.98 Å². The summed E-state index contributed by atoms with van der Waals surface area (Å²) in [7, 11) is 0. The minimum Gasteiger partial charge on any atom is -0.327 e. The summed E-state index contributed by atoms with van der Waals surface area (Å²) in [6.07, 6.45) is 8.06. The molecule has 3 heterocycles. The van der Waals surface area contributed by atoms with E-state index in [0.717, 1.165) is 25.6 Å². The minimum atomic E-state index is 0.855. The summed E-state index contributed by atoms with van der Waals surface area (Å²) in [6, 6.07) is 7.83. The van der Waals surface area contributed by atoms with Crippen molar-refractivity contribution in [3.8, 4) is 0 Å². The van der Waals surface area contributed by atoms with E-state index in [9.17, 15) is 0 Å². The molecular weight excluding hydrogens is 296 g/mol. The van der Waals surface area contributed by atoms with Crippen molar-refractivity contribution in [2.45, 2.75) is 57.7 Å². The molecule has 0 amide bonds. The summed E-state index contributed by atoms with van der Waals surface area (Å²) in [5, 5.41) is 0. The Morgan fingerprint density at radius 3 is 2.62 bits per heavy atom. The summed E-state index contributed by atoms with van der Waals surface area (Å²) in [5.74, 6) is 1.30. The van der Waals surface area contributed by atoms with Gasteiger partial charge in [-0.15, -0.1) is 0 Å². The Balaban J connectivity index is 1.37. The van der Waals surface area contributed by atoms with E-state index >= 15 is 0 Å². The molecule has 1 saturated carbocycles. The summed E-state index contributed by atoms with van der Waals surface area (Å²) in [4.78, 5) is 10.3. The van der Waals surface area contributed by atoms with Gasteiger partial charge in [0.1, 0.15) is 5.82 Å². The predicted octanol–water partition coefficient (Wildman–Crippen LogP) is 3.04. The van der Waals surface area contributed by atoms with Gasteiger partial charge >= 0.3 is 0 Å². The van der Waals surface area contributed by atoms with Crippen molar-refractivity contribution in [1.29, 1.82) is 0 Å². The first-order valence-corrected chi connectivity index (χ1v) is 9.81. The van der Waals surface area contributed by atoms with E-state index in [-0.39, 0.29) is 0 Å². The first-order chi connectivity index (χ1) is 11.9. The molecule has 0 radical (unpaired) electrons. The Bertz CT molecular complexity index is 725. The number of nitrogens with zero attached hydrogens (tertiary/aromatic N) is 4. The molecule has 4 nitrogen and oxygen atoms in total. The minimum absolute atomic E-state index is 0.855. The standard InChI is InChI=1S/C20H28N4/c1-2-10-22(9-1)15-16-6-7-19-18(14-16)21-20-8-11-23(12-13-24(19)20)17-4-3-5-17/h6-7,14,17H,1-5,8-13,15H2. The first kappa shape index (κ1) is 14.9. The number of imidazole rings is 1. The zero-order valence-electron chi connectivity index (χ0n) is 14.6. The smallest absolute Gasteiger partial charge is 0.111 e. The largest absolute Gasteiger partial charge is 0.327 e. The van der Waals surface area contributed by atoms with Gasteiger partial charge in [0.15, 0.2) is 0 Å². The summed E-state index contributed by atoms with van der Waals surface area (Å²) in [5.41, 5.74) is 3.97. The van der Waals surface area contributed by atoms with E-state index in [1.807, 2.05) is 0 Å². The molecule has 0 spiro atoms. The lowest BCUT2D eigenvalue weighted by Crippen LogP contribution is -2.41. The lowest BCUT2D eigenvalue weighted by molar-refractivity contribution is 0.130. The molecule has 24 heavy (non-hydrogen) atoms. The van der Waals surface area contributed by atoms with Crippen LogP contribution in [-0.2, 0) is 19.5 Å². The quantitative estimate of drug-likeness (QED) is 0.867. The number of hydrogen-bond donors (Lipinski definition) is 0. The van der Waals surface area contributed by atoms with Crippen LogP contribution < -0.4 is 0 Å². The fourth-order valence-electron chi connectivity index (χ4n) is 4.66. The van der Waals surface area contributed by atoms with Gasteiger partial charge < -0.3 is 4.57 Å². The lowest BCUT2D eigenvalue weighted by Gasteiger charge is -2.36. The van der Waals surface area contributed by atoms with Crippen LogP contribution in [0.4, 0.5) is 0 Å². The van der Waals surface area contributed by atoms with Gasteiger partial charge in [0.2, 0.25) is 0 Å². The molecule has 1 aromatic heterocycles. The van der Waals surface area contributed by atoms with Crippen LogP contribution in [-0.4, -0.2) is 51.6 Å². The lowest BCUT2D eigenvalue weighted by atomic mass is 9.91. The van der Waals surface area contributed by atoms with Crippen molar-refractivity contribution >= 4 is 11.0 Å². The van der Waals surface area contributed by atoms with Gasteiger partial charge in [-0.05, 0) is 56.5 Å². The maximum absolute atomic E-state index is 5.00. The van der Waals surface area contributed by atoms with Crippen LogP contribution in [0.15, 0.2) is 18.2 Å². The average Bonchev–Trinajstić information content (AvgIpc) is 3.11. The molecule has 3 aliphatic rings. The highest BCUT2D eigenvalue weighted by atomic mass is 15.2. The highest BCUT2D eigenvalue weighted by Crippen LogP contribution is 2.27. The van der Waals surface area contributed by atoms with Crippen LogP contribution in [0.25, 0.3) is 11.0 Å². The number of likely N-dealkylation sites (tertiary alicyclic amines) is 1. The molecule has 1 saturated heterocycles. The summed E-state index contributed by atoms with van der Waals surface area (Å²) in [6.45, 7) is 7.10. The second-order valence-corrected chi connectivity index (χ2v) is 7.86. The van der Waals surface area contributed by atoms with E-state index < -0.39 is 0 Å². The Kier molecular flexibility index (Phi) is 3.83. The number of aromatic nitrogens is 2. The SMILES string of the molecule is c1cc2c(cc1CN1CCCC1)nc1n2CCN(C2CCC2)CC1. The van der Waals surface area contributed by atoms with Gasteiger partial charge in [-0.3, -0.25) is 9.80 Å². The molecule has 4 heteroatoms. The van der Waals surface area contributed by atoms with Crippen LogP contribution >= 0.6 is 0 Å². The van der Waals surface area contributed by atoms with E-state index in [1.165, 1.54) is 80.7 Å². The van der Waals surface area contributed by atoms with Crippen molar-refractivity contribution < 1.29 is 0 Å². The number of hydrogen-bond acceptors (Lipinski definition) is 3. The third-order valence-electron chi connectivity index (χ3n) is 6.32. The maximum atomic E-state index is 5.00. The molecule has 0 bridgehead atoms. The first-order valence-electron chi connectivity index (χ1n) is 9.81. The van der Waals surface area contributed by atoms with Crippen LogP contribution in [0, 0.1) is 0 Å². The van der Waals surface area contributed by atoms with Gasteiger partial charge in [0.25, 0.3) is 0 Å². The van der Waals surface area contributed by atoms with Crippen molar-refractivity contribution in [2.24, 2.45) is 0 Å². The van der Waals surface area contributed by atoms with Crippen LogP contribution in [0.3, 0.4) is 0 Å². The molecule has 2 fully saturated rings. The monoisotopic (exact) mass is 324 g/mol. The van der Waals surface area contributed by atoms with Crippen molar-refractivity contribution in [2.75, 3.05) is 26.2 Å². The average molecular weight is 324 g/mol. The predicted molar refractivity (Wildman–Crippen MR) is 97.2 cm³/mol. The van der Waals surface area contributed by atoms with E-state index in [0.29, 0.717) is 0 Å². The number of rotatable bonds is 3. The molecular formula is C20H28N4. The second kappa shape index (κ2) is 6.16. The third kappa shape index (κ3) is 2.66. The Hall–Kier alpha value is -1.39. The second-order valence-electron chi connectivity index (χ2n) is 7.86. The Morgan fingerprint density at radius 2 is 1.83 bits per heavy atom. The summed E-state index contributed by atoms with van der Waals surface area (Å²) >= 11 is 0. The fraction of sp³-hybridized carbons (Fsp3) is 0.650. The highest BCUT2D eigenvalue weighted by molar-refractivity contribution is 5.77. The molecule has 2 aliphatic heterocycles. The maximum Gasteiger partial charge on any atom is 0.111 e. The molecule has 128 valence electrons. The highest BCUT2D eigenvalue weighted by Gasteiger charge is 2.27. The van der Waals surface area contributed by atoms with Crippen LogP contribution in [0.5, 0.6) is 0 Å². The molecule has 1 aromatic carbocycles. The van der Waals surface area contributed by atoms with E-state index in [2.05, 4.69) is 32.6 Å².